The average Bonchev–Trinajstić information content (AvgIpc) is 2.08. The van der Waals surface area contributed by atoms with Gasteiger partial charge >= 0.3 is 0 Å². The van der Waals surface area contributed by atoms with Crippen molar-refractivity contribution in [1.29, 1.82) is 0 Å². The molecule has 1 atom stereocenters. The third-order valence-electron chi connectivity index (χ3n) is 2.01. The van der Waals surface area contributed by atoms with E-state index in [9.17, 15) is 0 Å². The highest BCUT2D eigenvalue weighted by molar-refractivity contribution is 5.93. The van der Waals surface area contributed by atoms with Crippen LogP contribution < -0.4 is 5.73 Å². The lowest BCUT2D eigenvalue weighted by molar-refractivity contribution is 0.185. The second-order valence-electron chi connectivity index (χ2n) is 3.38. The van der Waals surface area contributed by atoms with Crippen LogP contribution in [0.2, 0.25) is 0 Å². The van der Waals surface area contributed by atoms with E-state index in [1.165, 1.54) is 0 Å². The zero-order chi connectivity index (χ0) is 10.6. The average molecular weight is 195 g/mol. The first-order chi connectivity index (χ1) is 6.59. The molecule has 78 valence electrons. The van der Waals surface area contributed by atoms with E-state index in [0.717, 1.165) is 11.4 Å². The Morgan fingerprint density at radius 3 is 3.00 bits per heavy atom. The van der Waals surface area contributed by atoms with Gasteiger partial charge in [0.2, 0.25) is 0 Å². The molecular weight excluding hydrogens is 178 g/mol. The van der Waals surface area contributed by atoms with Crippen LogP contribution in [0.15, 0.2) is 29.0 Å². The minimum Gasteiger partial charge on any atom is -0.379 e. The van der Waals surface area contributed by atoms with Gasteiger partial charge in [0.25, 0.3) is 0 Å². The van der Waals surface area contributed by atoms with Crippen LogP contribution in [-0.2, 0) is 0 Å². The van der Waals surface area contributed by atoms with Gasteiger partial charge in [0.1, 0.15) is 12.9 Å². The Hall–Kier alpha value is -1.13. The first-order valence-corrected chi connectivity index (χ1v) is 4.66. The van der Waals surface area contributed by atoms with E-state index in [4.69, 9.17) is 10.8 Å². The summed E-state index contributed by atoms with van der Waals surface area (Å²) in [6, 6.07) is 0. The van der Waals surface area contributed by atoms with Gasteiger partial charge in [-0.3, -0.25) is 4.99 Å². The van der Waals surface area contributed by atoms with Crippen molar-refractivity contribution in [3.05, 3.63) is 24.0 Å². The predicted octanol–water partition coefficient (Wildman–Crippen LogP) is 0.805. The predicted molar refractivity (Wildman–Crippen MR) is 57.5 cm³/mol. The molecular formula is C10H17N3O. The van der Waals surface area contributed by atoms with Crippen LogP contribution in [0, 0.1) is 0 Å². The van der Waals surface area contributed by atoms with Crippen molar-refractivity contribution in [2.45, 2.75) is 26.5 Å². The number of nitrogens with two attached hydrogens (primary N) is 1. The highest BCUT2D eigenvalue weighted by Gasteiger charge is 2.05. The van der Waals surface area contributed by atoms with Crippen molar-refractivity contribution >= 4 is 5.71 Å². The molecule has 0 spiro atoms. The Morgan fingerprint density at radius 1 is 1.71 bits per heavy atom. The van der Waals surface area contributed by atoms with Crippen LogP contribution in [0.4, 0.5) is 0 Å². The van der Waals surface area contributed by atoms with Crippen molar-refractivity contribution in [1.82, 2.24) is 4.90 Å². The smallest absolute Gasteiger partial charge is 0.114 e. The number of aliphatic hydroxyl groups is 1. The lowest BCUT2D eigenvalue weighted by Crippen LogP contribution is -2.21. The van der Waals surface area contributed by atoms with Crippen LogP contribution in [0.25, 0.3) is 0 Å². The molecule has 1 aliphatic heterocycles. The van der Waals surface area contributed by atoms with E-state index in [2.05, 4.69) is 4.99 Å². The summed E-state index contributed by atoms with van der Waals surface area (Å²) in [5.74, 6) is 0. The molecule has 14 heavy (non-hydrogen) atoms. The van der Waals surface area contributed by atoms with Crippen molar-refractivity contribution in [3.63, 3.8) is 0 Å². The molecule has 1 aliphatic rings. The number of rotatable bonds is 3. The monoisotopic (exact) mass is 195 g/mol. The van der Waals surface area contributed by atoms with Gasteiger partial charge in [0.05, 0.1) is 0 Å². The standard InChI is InChI=1S/C10H17N3O/c1-8-6-9(2)13(7-12-8)5-3-4-10(11)14/h3,5-6,10,14H,4,7,11H2,1-2H3/b5-3-. The van der Waals surface area contributed by atoms with E-state index in [-0.39, 0.29) is 0 Å². The van der Waals surface area contributed by atoms with Crippen molar-refractivity contribution in [2.75, 3.05) is 6.67 Å². The maximum Gasteiger partial charge on any atom is 0.114 e. The minimum absolute atomic E-state index is 0.465. The normalized spacial score (nSPS) is 19.6. The lowest BCUT2D eigenvalue weighted by atomic mass is 10.2. The van der Waals surface area contributed by atoms with Crippen LogP contribution in [0.3, 0.4) is 0 Å². The summed E-state index contributed by atoms with van der Waals surface area (Å²) in [6.07, 6.45) is 5.46. The van der Waals surface area contributed by atoms with Gasteiger partial charge < -0.3 is 15.7 Å². The Balaban J connectivity index is 2.48. The van der Waals surface area contributed by atoms with Crippen molar-refractivity contribution in [2.24, 2.45) is 10.7 Å². The summed E-state index contributed by atoms with van der Waals surface area (Å²) in [4.78, 5) is 6.29. The molecule has 0 saturated heterocycles. The molecule has 0 radical (unpaired) electrons. The topological polar surface area (TPSA) is 61.8 Å². The van der Waals surface area contributed by atoms with Crippen molar-refractivity contribution < 1.29 is 5.11 Å². The van der Waals surface area contributed by atoms with E-state index < -0.39 is 6.23 Å². The summed E-state index contributed by atoms with van der Waals surface area (Å²) >= 11 is 0. The van der Waals surface area contributed by atoms with Crippen molar-refractivity contribution in [3.8, 4) is 0 Å². The second kappa shape index (κ2) is 4.93. The Labute approximate surface area is 84.4 Å². The Morgan fingerprint density at radius 2 is 2.43 bits per heavy atom. The molecule has 1 rings (SSSR count). The lowest BCUT2D eigenvalue weighted by Gasteiger charge is -2.22. The molecule has 0 bridgehead atoms. The summed E-state index contributed by atoms with van der Waals surface area (Å²) < 4.78 is 0. The zero-order valence-electron chi connectivity index (χ0n) is 8.64. The third kappa shape index (κ3) is 3.32. The quantitative estimate of drug-likeness (QED) is 0.655. The SMILES string of the molecule is CC1=CC(C)=NCN1/C=C\CC(N)O. The molecule has 1 heterocycles. The molecule has 0 aromatic heterocycles. The summed E-state index contributed by atoms with van der Waals surface area (Å²) in [5.41, 5.74) is 7.41. The van der Waals surface area contributed by atoms with Gasteiger partial charge in [-0.2, -0.15) is 0 Å². The number of aliphatic imine (C=N–C) groups is 1. The molecule has 0 aromatic rings. The summed E-state index contributed by atoms with van der Waals surface area (Å²) in [6.45, 7) is 4.65. The van der Waals surface area contributed by atoms with E-state index in [0.29, 0.717) is 13.1 Å². The number of hydrogen-bond acceptors (Lipinski definition) is 4. The highest BCUT2D eigenvalue weighted by atomic mass is 16.3. The third-order valence-corrected chi connectivity index (χ3v) is 2.01. The van der Waals surface area contributed by atoms with E-state index in [1.807, 2.05) is 37.1 Å². The fourth-order valence-electron chi connectivity index (χ4n) is 1.22. The Bertz CT molecular complexity index is 279. The minimum atomic E-state index is -0.773. The van der Waals surface area contributed by atoms with Crippen LogP contribution in [-0.4, -0.2) is 28.6 Å². The number of hydrogen-bond donors (Lipinski definition) is 2. The summed E-state index contributed by atoms with van der Waals surface area (Å²) in [5, 5.41) is 8.86. The van der Waals surface area contributed by atoms with Crippen LogP contribution in [0.5, 0.6) is 0 Å². The number of aliphatic hydroxyl groups excluding tert-OH is 1. The van der Waals surface area contributed by atoms with Gasteiger partial charge in [0.15, 0.2) is 0 Å². The maximum atomic E-state index is 8.86. The van der Waals surface area contributed by atoms with Gasteiger partial charge in [0, 0.05) is 24.0 Å². The number of allylic oxidation sites excluding steroid dienone is 2. The second-order valence-corrected chi connectivity index (χ2v) is 3.38. The van der Waals surface area contributed by atoms with Gasteiger partial charge in [-0.15, -0.1) is 0 Å². The fourth-order valence-corrected chi connectivity index (χ4v) is 1.22. The van der Waals surface area contributed by atoms with Crippen LogP contribution >= 0.6 is 0 Å². The molecule has 3 N–H and O–H groups in total. The van der Waals surface area contributed by atoms with E-state index >= 15 is 0 Å². The molecule has 0 fully saturated rings. The molecule has 0 amide bonds. The highest BCUT2D eigenvalue weighted by Crippen LogP contribution is 2.10. The molecule has 0 aromatic carbocycles. The van der Waals surface area contributed by atoms with Gasteiger partial charge in [-0.05, 0) is 19.9 Å². The first kappa shape index (κ1) is 10.9. The molecule has 0 aliphatic carbocycles. The fraction of sp³-hybridized carbons (Fsp3) is 0.500. The van der Waals surface area contributed by atoms with Gasteiger partial charge in [-0.25, -0.2) is 0 Å². The number of nitrogens with zero attached hydrogens (tertiary/aromatic N) is 2. The molecule has 4 nitrogen and oxygen atoms in total. The molecule has 1 unspecified atom stereocenters. The van der Waals surface area contributed by atoms with E-state index in [1.54, 1.807) is 0 Å². The molecule has 4 heteroatoms. The summed E-state index contributed by atoms with van der Waals surface area (Å²) in [7, 11) is 0. The zero-order valence-corrected chi connectivity index (χ0v) is 8.64. The largest absolute Gasteiger partial charge is 0.379 e. The van der Waals surface area contributed by atoms with Gasteiger partial charge in [-0.1, -0.05) is 6.08 Å². The molecule has 0 saturated carbocycles. The Kier molecular flexibility index (Phi) is 3.85. The maximum absolute atomic E-state index is 8.86. The first-order valence-electron chi connectivity index (χ1n) is 4.66. The van der Waals surface area contributed by atoms with Crippen LogP contribution in [0.1, 0.15) is 20.3 Å².